The van der Waals surface area contributed by atoms with Crippen molar-refractivity contribution in [3.8, 4) is 10.6 Å². The number of amides is 1. The van der Waals surface area contributed by atoms with Crippen molar-refractivity contribution >= 4 is 46.3 Å². The first-order valence-corrected chi connectivity index (χ1v) is 14.3. The van der Waals surface area contributed by atoms with Gasteiger partial charge in [0.05, 0.1) is 10.6 Å². The Bertz CT molecular complexity index is 1350. The number of fused-ring (bicyclic) bond motifs is 1. The lowest BCUT2D eigenvalue weighted by Gasteiger charge is -2.36. The van der Waals surface area contributed by atoms with Gasteiger partial charge >= 0.3 is 6.18 Å². The van der Waals surface area contributed by atoms with Crippen LogP contribution in [0.5, 0.6) is 0 Å². The summed E-state index contributed by atoms with van der Waals surface area (Å²) in [5.41, 5.74) is 1.73. The monoisotopic (exact) mass is 562 g/mol. The molecule has 1 unspecified atom stereocenters. The van der Waals surface area contributed by atoms with Crippen molar-refractivity contribution in [2.75, 3.05) is 49.2 Å². The van der Waals surface area contributed by atoms with Crippen LogP contribution in [0.25, 0.3) is 10.6 Å². The van der Waals surface area contributed by atoms with Gasteiger partial charge in [-0.15, -0.1) is 23.1 Å². The SMILES string of the molecule is CCc1cc(N2CCNCC2C)ccc1Nc1ncc(C(F)(F)F)c(-c2cc3c(s2)C(=O)N(C)CCS3)n1. The largest absolute Gasteiger partial charge is 0.420 e. The Morgan fingerprint density at radius 1 is 1.24 bits per heavy atom. The number of carbonyl (C=O) groups is 1. The third-order valence-corrected chi connectivity index (χ3v) is 9.08. The molecule has 2 aromatic heterocycles. The molecule has 38 heavy (non-hydrogen) atoms. The number of halogens is 3. The number of nitrogens with one attached hydrogen (secondary N) is 2. The first-order chi connectivity index (χ1) is 18.2. The molecule has 2 aliphatic rings. The molecule has 5 rings (SSSR count). The molecule has 3 aromatic rings. The molecule has 0 saturated carbocycles. The van der Waals surface area contributed by atoms with E-state index < -0.39 is 11.7 Å². The molecule has 12 heteroatoms. The predicted octanol–water partition coefficient (Wildman–Crippen LogP) is 5.51. The molecule has 1 fully saturated rings. The molecule has 0 radical (unpaired) electrons. The van der Waals surface area contributed by atoms with Crippen LogP contribution in [0.3, 0.4) is 0 Å². The summed E-state index contributed by atoms with van der Waals surface area (Å²) < 4.78 is 41.9. The Labute approximate surface area is 227 Å². The first kappa shape index (κ1) is 26.8. The minimum absolute atomic E-state index is 0.0747. The Morgan fingerprint density at radius 3 is 2.79 bits per heavy atom. The number of piperazine rings is 1. The number of aryl methyl sites for hydroxylation is 1. The van der Waals surface area contributed by atoms with E-state index in [1.165, 1.54) is 11.8 Å². The summed E-state index contributed by atoms with van der Waals surface area (Å²) in [6, 6.07) is 8.07. The van der Waals surface area contributed by atoms with E-state index in [-0.39, 0.29) is 17.5 Å². The number of thiophene rings is 1. The van der Waals surface area contributed by atoms with E-state index in [0.717, 1.165) is 60.5 Å². The molecule has 1 atom stereocenters. The molecular formula is C26H29F3N6OS2. The molecule has 2 aliphatic heterocycles. The lowest BCUT2D eigenvalue weighted by Crippen LogP contribution is -2.49. The molecule has 0 aliphatic carbocycles. The van der Waals surface area contributed by atoms with Crippen LogP contribution in [-0.4, -0.2) is 65.8 Å². The summed E-state index contributed by atoms with van der Waals surface area (Å²) in [5.74, 6) is 0.566. The summed E-state index contributed by atoms with van der Waals surface area (Å²) in [5, 5.41) is 6.54. The standard InChI is InChI=1S/C26H29F3N6OS2/c1-4-16-11-17(35-8-7-30-13-15(35)2)5-6-19(16)32-25-31-14-18(26(27,28)29)22(33-25)20-12-21-23(38-20)24(36)34(3)9-10-37-21/h5-6,11-12,14-15,30H,4,7-10,13H2,1-3H3,(H,31,32,33). The van der Waals surface area contributed by atoms with Gasteiger partial charge in [0.2, 0.25) is 5.95 Å². The molecule has 0 bridgehead atoms. The van der Waals surface area contributed by atoms with Crippen LogP contribution in [0.2, 0.25) is 0 Å². The highest BCUT2D eigenvalue weighted by Gasteiger charge is 2.37. The van der Waals surface area contributed by atoms with Gasteiger partial charge in [-0.25, -0.2) is 9.97 Å². The summed E-state index contributed by atoms with van der Waals surface area (Å²) in [6.45, 7) is 7.53. The van der Waals surface area contributed by atoms with Crippen LogP contribution in [0.15, 0.2) is 35.4 Å². The second-order valence-electron chi connectivity index (χ2n) is 9.40. The van der Waals surface area contributed by atoms with Gasteiger partial charge in [0, 0.05) is 67.5 Å². The van der Waals surface area contributed by atoms with Gasteiger partial charge in [0.25, 0.3) is 5.91 Å². The zero-order valence-corrected chi connectivity index (χ0v) is 23.0. The number of hydrogen-bond donors (Lipinski definition) is 2. The number of alkyl halides is 3. The summed E-state index contributed by atoms with van der Waals surface area (Å²) >= 11 is 2.51. The number of carbonyl (C=O) groups excluding carboxylic acids is 1. The lowest BCUT2D eigenvalue weighted by atomic mass is 10.1. The highest BCUT2D eigenvalue weighted by molar-refractivity contribution is 7.99. The molecule has 2 N–H and O–H groups in total. The highest BCUT2D eigenvalue weighted by Crippen LogP contribution is 2.43. The first-order valence-electron chi connectivity index (χ1n) is 12.5. The van der Waals surface area contributed by atoms with Crippen molar-refractivity contribution in [1.29, 1.82) is 0 Å². The summed E-state index contributed by atoms with van der Waals surface area (Å²) in [6.07, 6.45) is -3.09. The third kappa shape index (κ3) is 5.34. The van der Waals surface area contributed by atoms with Crippen molar-refractivity contribution in [2.24, 2.45) is 0 Å². The molecule has 202 valence electrons. The van der Waals surface area contributed by atoms with Crippen molar-refractivity contribution in [3.63, 3.8) is 0 Å². The number of hydrogen-bond acceptors (Lipinski definition) is 8. The Morgan fingerprint density at radius 2 is 2.05 bits per heavy atom. The van der Waals surface area contributed by atoms with E-state index in [1.807, 2.05) is 19.1 Å². The van der Waals surface area contributed by atoms with Crippen LogP contribution in [0.1, 0.15) is 34.6 Å². The van der Waals surface area contributed by atoms with Gasteiger partial charge in [-0.05, 0) is 43.2 Å². The number of nitrogens with zero attached hydrogens (tertiary/aromatic N) is 4. The molecule has 4 heterocycles. The number of aromatic nitrogens is 2. The van der Waals surface area contributed by atoms with E-state index in [4.69, 9.17) is 0 Å². The molecule has 1 aromatic carbocycles. The fourth-order valence-electron chi connectivity index (χ4n) is 4.67. The lowest BCUT2D eigenvalue weighted by molar-refractivity contribution is -0.137. The van der Waals surface area contributed by atoms with Crippen LogP contribution >= 0.6 is 23.1 Å². The zero-order valence-electron chi connectivity index (χ0n) is 21.4. The average molecular weight is 563 g/mol. The smallest absolute Gasteiger partial charge is 0.366 e. The van der Waals surface area contributed by atoms with E-state index in [9.17, 15) is 18.0 Å². The zero-order chi connectivity index (χ0) is 27.0. The normalized spacial score (nSPS) is 18.4. The van der Waals surface area contributed by atoms with Gasteiger partial charge < -0.3 is 20.4 Å². The van der Waals surface area contributed by atoms with Gasteiger partial charge in [-0.2, -0.15) is 13.2 Å². The maximum absolute atomic E-state index is 14.0. The second kappa shape index (κ2) is 10.7. The average Bonchev–Trinajstić information content (AvgIpc) is 3.27. The van der Waals surface area contributed by atoms with Crippen molar-refractivity contribution in [3.05, 3.63) is 46.5 Å². The van der Waals surface area contributed by atoms with Crippen LogP contribution in [-0.2, 0) is 12.6 Å². The Balaban J connectivity index is 1.50. The Hall–Kier alpha value is -2.83. The van der Waals surface area contributed by atoms with Gasteiger partial charge in [0.1, 0.15) is 10.4 Å². The van der Waals surface area contributed by atoms with Crippen molar-refractivity contribution < 1.29 is 18.0 Å². The van der Waals surface area contributed by atoms with E-state index in [2.05, 4.69) is 38.5 Å². The van der Waals surface area contributed by atoms with E-state index in [1.54, 1.807) is 18.0 Å². The molecule has 7 nitrogen and oxygen atoms in total. The summed E-state index contributed by atoms with van der Waals surface area (Å²) in [7, 11) is 1.70. The number of rotatable bonds is 5. The Kier molecular flexibility index (Phi) is 7.56. The molecule has 1 amide bonds. The van der Waals surface area contributed by atoms with Gasteiger partial charge in [0.15, 0.2) is 0 Å². The van der Waals surface area contributed by atoms with Gasteiger partial charge in [-0.3, -0.25) is 4.79 Å². The number of thioether (sulfide) groups is 1. The van der Waals surface area contributed by atoms with E-state index >= 15 is 0 Å². The second-order valence-corrected chi connectivity index (χ2v) is 11.6. The van der Waals surface area contributed by atoms with Crippen LogP contribution in [0, 0.1) is 0 Å². The third-order valence-electron chi connectivity index (χ3n) is 6.80. The maximum Gasteiger partial charge on any atom is 0.420 e. The number of benzene rings is 1. The van der Waals surface area contributed by atoms with Gasteiger partial charge in [-0.1, -0.05) is 6.92 Å². The predicted molar refractivity (Wildman–Crippen MR) is 147 cm³/mol. The fourth-order valence-corrected chi connectivity index (χ4v) is 7.10. The molecule has 0 spiro atoms. The summed E-state index contributed by atoms with van der Waals surface area (Å²) in [4.78, 5) is 26.5. The maximum atomic E-state index is 14.0. The quantitative estimate of drug-likeness (QED) is 0.425. The highest BCUT2D eigenvalue weighted by atomic mass is 32.2. The molecule has 1 saturated heterocycles. The molecular weight excluding hydrogens is 533 g/mol. The van der Waals surface area contributed by atoms with Crippen molar-refractivity contribution in [1.82, 2.24) is 20.2 Å². The number of anilines is 3. The minimum atomic E-state index is -4.64. The van der Waals surface area contributed by atoms with Crippen LogP contribution < -0.4 is 15.5 Å². The topological polar surface area (TPSA) is 73.4 Å². The van der Waals surface area contributed by atoms with E-state index in [0.29, 0.717) is 33.0 Å². The van der Waals surface area contributed by atoms with Crippen LogP contribution in [0.4, 0.5) is 30.5 Å². The fraction of sp³-hybridized carbons (Fsp3) is 0.423. The van der Waals surface area contributed by atoms with Crippen molar-refractivity contribution in [2.45, 2.75) is 37.4 Å². The minimum Gasteiger partial charge on any atom is -0.366 e.